The lowest BCUT2D eigenvalue weighted by molar-refractivity contribution is -0.490. The highest BCUT2D eigenvalue weighted by Gasteiger charge is 2.57. The maximum atomic E-state index is 5.76. The van der Waals surface area contributed by atoms with E-state index in [0.29, 0.717) is 12.0 Å². The van der Waals surface area contributed by atoms with Crippen LogP contribution in [0.1, 0.15) is 19.8 Å². The second kappa shape index (κ2) is 2.70. The molecule has 1 saturated carbocycles. The Morgan fingerprint density at radius 3 is 2.00 bits per heavy atom. The van der Waals surface area contributed by atoms with Crippen LogP contribution in [0.2, 0.25) is 0 Å². The molecule has 4 aliphatic rings. The molecule has 3 heterocycles. The van der Waals surface area contributed by atoms with E-state index in [2.05, 4.69) is 6.92 Å². The number of hydrogen-bond donors (Lipinski definition) is 1. The van der Waals surface area contributed by atoms with E-state index < -0.39 is 5.97 Å². The topological polar surface area (TPSA) is 53.7 Å². The van der Waals surface area contributed by atoms with Gasteiger partial charge in [0.25, 0.3) is 5.97 Å². The number of fused-ring (bicyclic) bond motifs is 3. The van der Waals surface area contributed by atoms with Gasteiger partial charge < -0.3 is 19.9 Å². The van der Waals surface area contributed by atoms with E-state index in [-0.39, 0.29) is 5.41 Å². The molecule has 0 amide bonds. The van der Waals surface area contributed by atoms with Crippen LogP contribution in [0.25, 0.3) is 0 Å². The zero-order chi connectivity index (χ0) is 9.81. The minimum atomic E-state index is -0.742. The molecule has 1 aliphatic carbocycles. The van der Waals surface area contributed by atoms with Gasteiger partial charge in [-0.2, -0.15) is 0 Å². The van der Waals surface area contributed by atoms with Gasteiger partial charge >= 0.3 is 0 Å². The van der Waals surface area contributed by atoms with Crippen molar-refractivity contribution < 1.29 is 14.2 Å². The molecule has 80 valence electrons. The zero-order valence-corrected chi connectivity index (χ0v) is 8.49. The van der Waals surface area contributed by atoms with Crippen LogP contribution in [0.3, 0.4) is 0 Å². The lowest BCUT2D eigenvalue weighted by Crippen LogP contribution is -2.65. The molecule has 0 radical (unpaired) electrons. The first-order valence-electron chi connectivity index (χ1n) is 5.29. The average Bonchev–Trinajstić information content (AvgIpc) is 2.15. The van der Waals surface area contributed by atoms with Crippen molar-refractivity contribution >= 4 is 0 Å². The second-order valence-electron chi connectivity index (χ2n) is 5.21. The first kappa shape index (κ1) is 9.09. The molecule has 0 atom stereocenters. The molecule has 4 rings (SSSR count). The van der Waals surface area contributed by atoms with Crippen LogP contribution in [0.5, 0.6) is 0 Å². The monoisotopic (exact) mass is 199 g/mol. The Balaban J connectivity index is 1.73. The summed E-state index contributed by atoms with van der Waals surface area (Å²) in [5.41, 5.74) is 5.82. The Morgan fingerprint density at radius 1 is 1.07 bits per heavy atom. The van der Waals surface area contributed by atoms with Gasteiger partial charge in [-0.3, -0.25) is 0 Å². The van der Waals surface area contributed by atoms with E-state index >= 15 is 0 Å². The Hall–Kier alpha value is -0.160. The maximum Gasteiger partial charge on any atom is 0.286 e. The third kappa shape index (κ3) is 1.15. The van der Waals surface area contributed by atoms with Gasteiger partial charge in [-0.15, -0.1) is 0 Å². The van der Waals surface area contributed by atoms with Crippen molar-refractivity contribution in [1.29, 1.82) is 0 Å². The minimum absolute atomic E-state index is 0.0631. The number of ether oxygens (including phenoxy) is 3. The van der Waals surface area contributed by atoms with Crippen molar-refractivity contribution in [3.63, 3.8) is 0 Å². The first-order valence-corrected chi connectivity index (χ1v) is 5.29. The summed E-state index contributed by atoms with van der Waals surface area (Å²) in [5.74, 6) is -0.407. The molecule has 0 aromatic carbocycles. The molecule has 3 saturated heterocycles. The van der Waals surface area contributed by atoms with E-state index in [1.807, 2.05) is 0 Å². The fraction of sp³-hybridized carbons (Fsp3) is 1.00. The molecule has 0 spiro atoms. The fourth-order valence-electron chi connectivity index (χ4n) is 2.38. The first-order chi connectivity index (χ1) is 6.62. The number of hydrogen-bond acceptors (Lipinski definition) is 4. The summed E-state index contributed by atoms with van der Waals surface area (Å²) in [6.45, 7) is 4.37. The molecule has 4 nitrogen and oxygen atoms in total. The van der Waals surface area contributed by atoms with Crippen LogP contribution in [-0.2, 0) is 14.2 Å². The lowest BCUT2D eigenvalue weighted by atomic mass is 9.77. The molecule has 4 fully saturated rings. The third-order valence-corrected chi connectivity index (χ3v) is 3.54. The van der Waals surface area contributed by atoms with E-state index in [0.717, 1.165) is 32.7 Å². The predicted octanol–water partition coefficient (Wildman–Crippen LogP) is 0.461. The molecule has 2 bridgehead atoms. The van der Waals surface area contributed by atoms with Crippen LogP contribution in [0.15, 0.2) is 0 Å². The highest BCUT2D eigenvalue weighted by molar-refractivity contribution is 4.94. The van der Waals surface area contributed by atoms with Crippen molar-refractivity contribution in [2.45, 2.75) is 31.8 Å². The van der Waals surface area contributed by atoms with Gasteiger partial charge in [0.15, 0.2) is 0 Å². The molecular formula is C10H17NO3. The van der Waals surface area contributed by atoms with E-state index in [9.17, 15) is 0 Å². The minimum Gasteiger partial charge on any atom is -0.328 e. The third-order valence-electron chi connectivity index (χ3n) is 3.54. The van der Waals surface area contributed by atoms with Gasteiger partial charge in [0, 0.05) is 17.4 Å². The van der Waals surface area contributed by atoms with Crippen LogP contribution in [-0.4, -0.2) is 31.8 Å². The molecule has 2 N–H and O–H groups in total. The van der Waals surface area contributed by atoms with Gasteiger partial charge in [0.2, 0.25) is 0 Å². The van der Waals surface area contributed by atoms with Crippen LogP contribution < -0.4 is 5.73 Å². The Morgan fingerprint density at radius 2 is 1.57 bits per heavy atom. The molecule has 14 heavy (non-hydrogen) atoms. The molecular weight excluding hydrogens is 182 g/mol. The molecule has 0 aromatic rings. The second-order valence-corrected chi connectivity index (χ2v) is 5.21. The van der Waals surface area contributed by atoms with Gasteiger partial charge in [0.05, 0.1) is 19.8 Å². The Bertz CT molecular complexity index is 225. The Kier molecular flexibility index (Phi) is 1.75. The van der Waals surface area contributed by atoms with Gasteiger partial charge in [-0.1, -0.05) is 6.92 Å². The molecule has 3 aliphatic heterocycles. The maximum absolute atomic E-state index is 5.76. The van der Waals surface area contributed by atoms with E-state index in [1.165, 1.54) is 0 Å². The summed E-state index contributed by atoms with van der Waals surface area (Å²) < 4.78 is 17.2. The Labute approximate surface area is 83.7 Å². The van der Waals surface area contributed by atoms with Crippen molar-refractivity contribution in [2.75, 3.05) is 19.8 Å². The predicted molar refractivity (Wildman–Crippen MR) is 49.4 cm³/mol. The van der Waals surface area contributed by atoms with Crippen molar-refractivity contribution in [1.82, 2.24) is 0 Å². The largest absolute Gasteiger partial charge is 0.328 e. The van der Waals surface area contributed by atoms with Crippen molar-refractivity contribution in [3.8, 4) is 0 Å². The molecule has 0 aromatic heterocycles. The summed E-state index contributed by atoms with van der Waals surface area (Å²) in [6.07, 6.45) is 1.91. The van der Waals surface area contributed by atoms with E-state index in [4.69, 9.17) is 19.9 Å². The summed E-state index contributed by atoms with van der Waals surface area (Å²) in [4.78, 5) is 0. The normalized spacial score (nSPS) is 57.0. The van der Waals surface area contributed by atoms with Crippen molar-refractivity contribution in [2.24, 2.45) is 17.1 Å². The summed E-state index contributed by atoms with van der Waals surface area (Å²) in [7, 11) is 0. The summed E-state index contributed by atoms with van der Waals surface area (Å²) >= 11 is 0. The highest BCUT2D eigenvalue weighted by Crippen LogP contribution is 2.47. The highest BCUT2D eigenvalue weighted by atomic mass is 16.9. The van der Waals surface area contributed by atoms with E-state index in [1.54, 1.807) is 0 Å². The SMILES string of the molecule is CC12COC(C3CC(N)C3)(OC1)OC2. The number of nitrogens with two attached hydrogens (primary N) is 1. The molecule has 0 unspecified atom stereocenters. The van der Waals surface area contributed by atoms with Crippen LogP contribution in [0.4, 0.5) is 0 Å². The van der Waals surface area contributed by atoms with Crippen molar-refractivity contribution in [3.05, 3.63) is 0 Å². The quantitative estimate of drug-likeness (QED) is 0.666. The molecule has 4 heteroatoms. The summed E-state index contributed by atoms with van der Waals surface area (Å²) in [6, 6.07) is 0.306. The number of rotatable bonds is 1. The lowest BCUT2D eigenvalue weighted by Gasteiger charge is -2.56. The van der Waals surface area contributed by atoms with Gasteiger partial charge in [0.1, 0.15) is 0 Å². The summed E-state index contributed by atoms with van der Waals surface area (Å²) in [5, 5.41) is 0. The van der Waals surface area contributed by atoms with Crippen LogP contribution >= 0.6 is 0 Å². The van der Waals surface area contributed by atoms with Gasteiger partial charge in [-0.05, 0) is 12.8 Å². The standard InChI is InChI=1S/C10H17NO3/c1-9-4-12-10(13-5-9,14-6-9)7-2-8(11)3-7/h7-8H,2-6,11H2,1H3. The van der Waals surface area contributed by atoms with Gasteiger partial charge in [-0.25, -0.2) is 0 Å². The average molecular weight is 199 g/mol. The van der Waals surface area contributed by atoms with Crippen LogP contribution in [0, 0.1) is 11.3 Å². The zero-order valence-electron chi connectivity index (χ0n) is 8.49. The smallest absolute Gasteiger partial charge is 0.286 e. The fourth-order valence-corrected chi connectivity index (χ4v) is 2.38.